The van der Waals surface area contributed by atoms with Crippen molar-refractivity contribution in [3.63, 3.8) is 0 Å². The Hall–Kier alpha value is -1.62. The molecule has 1 N–H and O–H groups in total. The van der Waals surface area contributed by atoms with Gasteiger partial charge in [-0.05, 0) is 29.8 Å². The highest BCUT2D eigenvalue weighted by atomic mass is 35.5. The van der Waals surface area contributed by atoms with Crippen LogP contribution >= 0.6 is 46.1 Å². The fourth-order valence-corrected chi connectivity index (χ4v) is 5.72. The van der Waals surface area contributed by atoms with Crippen molar-refractivity contribution in [1.29, 1.82) is 0 Å². The molecule has 1 aromatic carbocycles. The number of nitrogens with one attached hydrogen (secondary N) is 1. The Bertz CT molecular complexity index is 1140. The monoisotopic (exact) mass is 492 g/mol. The van der Waals surface area contributed by atoms with Gasteiger partial charge in [-0.25, -0.2) is 13.1 Å². The third kappa shape index (κ3) is 5.30. The molecule has 0 bridgehead atoms. The number of sulfonamides is 1. The molecule has 154 valence electrons. The first-order valence-electron chi connectivity index (χ1n) is 8.14. The molecule has 3 aromatic rings. The first kappa shape index (κ1) is 22.1. The minimum atomic E-state index is -3.81. The van der Waals surface area contributed by atoms with Gasteiger partial charge in [-0.3, -0.25) is 4.79 Å². The van der Waals surface area contributed by atoms with Gasteiger partial charge in [0.25, 0.3) is 10.0 Å². The maximum Gasteiger partial charge on any atom is 0.252 e. The minimum Gasteiger partial charge on any atom is -0.310 e. The van der Waals surface area contributed by atoms with E-state index < -0.39 is 15.9 Å². The fraction of sp³-hybridized carbons (Fsp3) is 0.176. The molecular formula is C17H15Cl3N4O3S2. The van der Waals surface area contributed by atoms with Gasteiger partial charge in [-0.15, -0.1) is 11.3 Å². The van der Waals surface area contributed by atoms with Crippen molar-refractivity contribution >= 4 is 67.9 Å². The zero-order valence-electron chi connectivity index (χ0n) is 15.0. The molecule has 7 nitrogen and oxygen atoms in total. The second kappa shape index (κ2) is 9.03. The van der Waals surface area contributed by atoms with E-state index in [1.807, 2.05) is 0 Å². The van der Waals surface area contributed by atoms with Gasteiger partial charge in [0.05, 0.1) is 23.6 Å². The second-order valence-electron chi connectivity index (χ2n) is 5.98. The van der Waals surface area contributed by atoms with Crippen LogP contribution in [-0.4, -0.2) is 42.0 Å². The Morgan fingerprint density at radius 1 is 1.21 bits per heavy atom. The van der Waals surface area contributed by atoms with Crippen molar-refractivity contribution in [3.05, 3.63) is 62.5 Å². The first-order valence-corrected chi connectivity index (χ1v) is 11.5. The Labute approximate surface area is 186 Å². The number of rotatable bonds is 7. The highest BCUT2D eigenvalue weighted by molar-refractivity contribution is 7.91. The van der Waals surface area contributed by atoms with Crippen molar-refractivity contribution in [2.75, 3.05) is 18.9 Å². The summed E-state index contributed by atoms with van der Waals surface area (Å²) in [5, 5.41) is 7.83. The Morgan fingerprint density at radius 3 is 2.62 bits per heavy atom. The highest BCUT2D eigenvalue weighted by Gasteiger charge is 2.25. The lowest BCUT2D eigenvalue weighted by molar-refractivity contribution is -0.116. The highest BCUT2D eigenvalue weighted by Crippen LogP contribution is 2.27. The van der Waals surface area contributed by atoms with Crippen molar-refractivity contribution in [2.24, 2.45) is 0 Å². The summed E-state index contributed by atoms with van der Waals surface area (Å²) in [5.41, 5.74) is 0.768. The smallest absolute Gasteiger partial charge is 0.252 e. The zero-order chi connectivity index (χ0) is 21.2. The van der Waals surface area contributed by atoms with E-state index in [1.165, 1.54) is 25.4 Å². The summed E-state index contributed by atoms with van der Waals surface area (Å²) in [7, 11) is -2.48. The molecule has 0 spiro atoms. The number of nitrogens with zero attached hydrogens (tertiary/aromatic N) is 3. The molecule has 0 saturated carbocycles. The number of hydrogen-bond acceptors (Lipinski definition) is 5. The van der Waals surface area contributed by atoms with E-state index in [0.717, 1.165) is 21.2 Å². The molecule has 0 aliphatic carbocycles. The number of carbonyl (C=O) groups excluding carboxylic acids is 1. The van der Waals surface area contributed by atoms with Crippen LogP contribution in [0.5, 0.6) is 0 Å². The molecule has 0 atom stereocenters. The minimum absolute atomic E-state index is 0.0697. The van der Waals surface area contributed by atoms with Gasteiger partial charge in [0.1, 0.15) is 10.0 Å². The summed E-state index contributed by atoms with van der Waals surface area (Å²) in [6, 6.07) is 9.60. The van der Waals surface area contributed by atoms with Crippen LogP contribution in [0.3, 0.4) is 0 Å². The van der Waals surface area contributed by atoms with Gasteiger partial charge >= 0.3 is 0 Å². The predicted octanol–water partition coefficient (Wildman–Crippen LogP) is 4.21. The van der Waals surface area contributed by atoms with Gasteiger partial charge in [-0.1, -0.05) is 40.9 Å². The number of likely N-dealkylation sites (N-methyl/N-ethyl adjacent to an activating group) is 1. The molecule has 0 saturated heterocycles. The van der Waals surface area contributed by atoms with Crippen molar-refractivity contribution < 1.29 is 13.2 Å². The van der Waals surface area contributed by atoms with Crippen molar-refractivity contribution in [1.82, 2.24) is 14.1 Å². The topological polar surface area (TPSA) is 84.3 Å². The normalized spacial score (nSPS) is 11.8. The SMILES string of the molecule is CN(CC(=O)Nc1ccnn1Cc1ccc(Cl)cc1Cl)S(=O)(=O)c1ccc(Cl)s1. The van der Waals surface area contributed by atoms with Crippen LogP contribution in [0.2, 0.25) is 14.4 Å². The second-order valence-corrected chi connectivity index (χ2v) is 10.8. The van der Waals surface area contributed by atoms with E-state index in [-0.39, 0.29) is 10.8 Å². The van der Waals surface area contributed by atoms with Crippen molar-refractivity contribution in [3.8, 4) is 0 Å². The molecular weight excluding hydrogens is 479 g/mol. The summed E-state index contributed by atoms with van der Waals surface area (Å²) in [6.07, 6.45) is 1.52. The summed E-state index contributed by atoms with van der Waals surface area (Å²) < 4.78 is 27.9. The number of hydrogen-bond donors (Lipinski definition) is 1. The van der Waals surface area contributed by atoms with Crippen LogP contribution in [0.15, 0.2) is 46.8 Å². The number of anilines is 1. The Kier molecular flexibility index (Phi) is 6.87. The number of aromatic nitrogens is 2. The summed E-state index contributed by atoms with van der Waals surface area (Å²) in [5.74, 6) is -0.103. The molecule has 1 amide bonds. The van der Waals surface area contributed by atoms with Gasteiger partial charge in [0, 0.05) is 23.2 Å². The van der Waals surface area contributed by atoms with Crippen LogP contribution in [0.25, 0.3) is 0 Å². The molecule has 3 rings (SSSR count). The summed E-state index contributed by atoms with van der Waals surface area (Å²) in [4.78, 5) is 12.4. The molecule has 0 aliphatic rings. The van der Waals surface area contributed by atoms with Gasteiger partial charge in [-0.2, -0.15) is 9.40 Å². The van der Waals surface area contributed by atoms with E-state index in [2.05, 4.69) is 10.4 Å². The predicted molar refractivity (Wildman–Crippen MR) is 116 cm³/mol. The fourth-order valence-electron chi connectivity index (χ4n) is 2.44. The lowest BCUT2D eigenvalue weighted by Gasteiger charge is -2.16. The average Bonchev–Trinajstić information content (AvgIpc) is 3.26. The van der Waals surface area contributed by atoms with Gasteiger partial charge in [0.15, 0.2) is 0 Å². The van der Waals surface area contributed by atoms with Gasteiger partial charge < -0.3 is 5.32 Å². The maximum absolute atomic E-state index is 12.5. The largest absolute Gasteiger partial charge is 0.310 e. The molecule has 29 heavy (non-hydrogen) atoms. The zero-order valence-corrected chi connectivity index (χ0v) is 18.9. The summed E-state index contributed by atoms with van der Waals surface area (Å²) >= 11 is 18.8. The number of thiophene rings is 1. The number of benzene rings is 1. The molecule has 0 aliphatic heterocycles. The van der Waals surface area contributed by atoms with Crippen LogP contribution in [0.4, 0.5) is 5.82 Å². The molecule has 2 heterocycles. The number of carbonyl (C=O) groups is 1. The molecule has 2 aromatic heterocycles. The lowest BCUT2D eigenvalue weighted by atomic mass is 10.2. The third-order valence-corrected chi connectivity index (χ3v) is 7.99. The summed E-state index contributed by atoms with van der Waals surface area (Å²) in [6.45, 7) is -0.0643. The Balaban J connectivity index is 1.68. The van der Waals surface area contributed by atoms with E-state index in [0.29, 0.717) is 26.7 Å². The first-order chi connectivity index (χ1) is 13.7. The van der Waals surface area contributed by atoms with Crippen LogP contribution in [-0.2, 0) is 21.4 Å². The molecule has 0 unspecified atom stereocenters. The van der Waals surface area contributed by atoms with Crippen LogP contribution < -0.4 is 5.32 Å². The number of halogens is 3. The standard InChI is InChI=1S/C17H15Cl3N4O3S2/c1-23(29(26,27)17-5-4-14(20)28-17)10-16(25)22-15-6-7-21-24(15)9-11-2-3-12(18)8-13(11)19/h2-8H,9-10H2,1H3,(H,22,25). The van der Waals surface area contributed by atoms with E-state index in [1.54, 1.807) is 28.9 Å². The Morgan fingerprint density at radius 2 is 1.97 bits per heavy atom. The van der Waals surface area contributed by atoms with E-state index in [9.17, 15) is 13.2 Å². The molecule has 0 fully saturated rings. The van der Waals surface area contributed by atoms with E-state index in [4.69, 9.17) is 34.8 Å². The van der Waals surface area contributed by atoms with Crippen LogP contribution in [0.1, 0.15) is 5.56 Å². The lowest BCUT2D eigenvalue weighted by Crippen LogP contribution is -2.35. The molecule has 0 radical (unpaired) electrons. The van der Waals surface area contributed by atoms with Crippen molar-refractivity contribution in [2.45, 2.75) is 10.8 Å². The third-order valence-electron chi connectivity index (χ3n) is 3.90. The number of amides is 1. The van der Waals surface area contributed by atoms with Crippen LogP contribution in [0, 0.1) is 0 Å². The maximum atomic E-state index is 12.5. The average molecular weight is 494 g/mol. The quantitative estimate of drug-likeness (QED) is 0.534. The molecule has 12 heteroatoms. The van der Waals surface area contributed by atoms with E-state index >= 15 is 0 Å². The van der Waals surface area contributed by atoms with Gasteiger partial charge in [0.2, 0.25) is 5.91 Å².